The van der Waals surface area contributed by atoms with Crippen LogP contribution in [0.2, 0.25) is 0 Å². The molecule has 0 aliphatic carbocycles. The van der Waals surface area contributed by atoms with E-state index in [2.05, 4.69) is 15.1 Å². The lowest BCUT2D eigenvalue weighted by Crippen LogP contribution is -2.05. The van der Waals surface area contributed by atoms with Crippen LogP contribution >= 0.6 is 0 Å². The van der Waals surface area contributed by atoms with Gasteiger partial charge in [0.05, 0.1) is 6.20 Å². The minimum Gasteiger partial charge on any atom is -0.339 e. The van der Waals surface area contributed by atoms with Gasteiger partial charge in [0.25, 0.3) is 0 Å². The van der Waals surface area contributed by atoms with E-state index in [9.17, 15) is 0 Å². The fourth-order valence-corrected chi connectivity index (χ4v) is 1.66. The SMILES string of the molecule is Bc1ccc2ncc(-c3noc(C)n3)n2c1. The number of rotatable bonds is 1. The molecular weight excluding hydrogens is 203 g/mol. The average molecular weight is 212 g/mol. The molecule has 3 aromatic heterocycles. The van der Waals surface area contributed by atoms with E-state index in [1.54, 1.807) is 13.1 Å². The molecule has 0 amide bonds. The zero-order chi connectivity index (χ0) is 11.1. The molecule has 0 unspecified atom stereocenters. The minimum absolute atomic E-state index is 0.553. The largest absolute Gasteiger partial charge is 0.339 e. The van der Waals surface area contributed by atoms with Crippen LogP contribution in [-0.4, -0.2) is 27.4 Å². The fourth-order valence-electron chi connectivity index (χ4n) is 1.66. The second-order valence-electron chi connectivity index (χ2n) is 3.72. The lowest BCUT2D eigenvalue weighted by Gasteiger charge is -1.98. The van der Waals surface area contributed by atoms with Crippen LogP contribution in [0.3, 0.4) is 0 Å². The van der Waals surface area contributed by atoms with Gasteiger partial charge in [-0.3, -0.25) is 4.40 Å². The van der Waals surface area contributed by atoms with Crippen molar-refractivity contribution in [3.8, 4) is 11.5 Å². The summed E-state index contributed by atoms with van der Waals surface area (Å²) in [5, 5.41) is 3.89. The topological polar surface area (TPSA) is 56.2 Å². The molecular formula is C10H9BN4O. The fraction of sp³-hybridized carbons (Fsp3) is 0.100. The highest BCUT2D eigenvalue weighted by Gasteiger charge is 2.11. The van der Waals surface area contributed by atoms with Gasteiger partial charge in [0.15, 0.2) is 0 Å². The Morgan fingerprint density at radius 1 is 1.38 bits per heavy atom. The van der Waals surface area contributed by atoms with E-state index in [-0.39, 0.29) is 0 Å². The first kappa shape index (κ1) is 9.14. The van der Waals surface area contributed by atoms with E-state index in [1.165, 1.54) is 0 Å². The van der Waals surface area contributed by atoms with E-state index in [1.807, 2.05) is 30.6 Å². The van der Waals surface area contributed by atoms with Crippen LogP contribution in [0.5, 0.6) is 0 Å². The van der Waals surface area contributed by atoms with E-state index < -0.39 is 0 Å². The summed E-state index contributed by atoms with van der Waals surface area (Å²) < 4.78 is 6.92. The number of imidazole rings is 1. The molecule has 0 atom stereocenters. The molecule has 0 radical (unpaired) electrons. The molecule has 3 aromatic rings. The summed E-state index contributed by atoms with van der Waals surface area (Å²) >= 11 is 0. The molecule has 0 bridgehead atoms. The quantitative estimate of drug-likeness (QED) is 0.530. The van der Waals surface area contributed by atoms with Crippen molar-refractivity contribution < 1.29 is 4.52 Å². The van der Waals surface area contributed by atoms with Crippen molar-refractivity contribution in [1.29, 1.82) is 0 Å². The minimum atomic E-state index is 0.553. The van der Waals surface area contributed by atoms with Gasteiger partial charge >= 0.3 is 0 Å². The molecule has 0 saturated carbocycles. The summed E-state index contributed by atoms with van der Waals surface area (Å²) in [5.41, 5.74) is 2.88. The highest BCUT2D eigenvalue weighted by molar-refractivity contribution is 6.32. The van der Waals surface area contributed by atoms with Crippen molar-refractivity contribution in [3.63, 3.8) is 0 Å². The van der Waals surface area contributed by atoms with Crippen molar-refractivity contribution in [2.75, 3.05) is 0 Å². The smallest absolute Gasteiger partial charge is 0.223 e. The second kappa shape index (κ2) is 3.20. The Labute approximate surface area is 92.5 Å². The Morgan fingerprint density at radius 3 is 3.00 bits per heavy atom. The maximum Gasteiger partial charge on any atom is 0.223 e. The predicted octanol–water partition coefficient (Wildman–Crippen LogP) is -0.0489. The molecule has 0 fully saturated rings. The van der Waals surface area contributed by atoms with Crippen LogP contribution in [0.4, 0.5) is 0 Å². The van der Waals surface area contributed by atoms with Crippen molar-refractivity contribution in [2.24, 2.45) is 0 Å². The number of pyridine rings is 1. The Hall–Kier alpha value is -2.11. The Morgan fingerprint density at radius 2 is 2.25 bits per heavy atom. The van der Waals surface area contributed by atoms with Crippen LogP contribution in [-0.2, 0) is 0 Å². The summed E-state index contributed by atoms with van der Waals surface area (Å²) in [4.78, 5) is 8.48. The van der Waals surface area contributed by atoms with Crippen LogP contribution in [0.1, 0.15) is 5.89 Å². The van der Waals surface area contributed by atoms with Gasteiger partial charge in [0, 0.05) is 13.1 Å². The number of hydrogen-bond donors (Lipinski definition) is 0. The zero-order valence-corrected chi connectivity index (χ0v) is 9.01. The molecule has 78 valence electrons. The molecule has 3 heterocycles. The van der Waals surface area contributed by atoms with Gasteiger partial charge in [-0.15, -0.1) is 0 Å². The highest BCUT2D eigenvalue weighted by Crippen LogP contribution is 2.16. The van der Waals surface area contributed by atoms with Gasteiger partial charge in [-0.25, -0.2) is 4.98 Å². The molecule has 5 nitrogen and oxygen atoms in total. The summed E-state index contributed by atoms with van der Waals surface area (Å²) in [5.74, 6) is 1.12. The molecule has 3 rings (SSSR count). The van der Waals surface area contributed by atoms with Crippen molar-refractivity contribution in [2.45, 2.75) is 6.92 Å². The molecule has 0 spiro atoms. The van der Waals surface area contributed by atoms with Gasteiger partial charge in [-0.1, -0.05) is 16.7 Å². The van der Waals surface area contributed by atoms with Crippen molar-refractivity contribution >= 4 is 19.0 Å². The van der Waals surface area contributed by atoms with Crippen LogP contribution in [0, 0.1) is 6.92 Å². The van der Waals surface area contributed by atoms with Gasteiger partial charge in [0.1, 0.15) is 19.2 Å². The zero-order valence-electron chi connectivity index (χ0n) is 9.01. The number of fused-ring (bicyclic) bond motifs is 1. The van der Waals surface area contributed by atoms with Crippen LogP contribution in [0.15, 0.2) is 29.0 Å². The third-order valence-corrected chi connectivity index (χ3v) is 2.41. The monoisotopic (exact) mass is 212 g/mol. The molecule has 16 heavy (non-hydrogen) atoms. The molecule has 6 heteroatoms. The number of aromatic nitrogens is 4. The van der Waals surface area contributed by atoms with E-state index in [0.29, 0.717) is 11.7 Å². The van der Waals surface area contributed by atoms with Gasteiger partial charge in [0.2, 0.25) is 11.7 Å². The Balaban J connectivity index is 2.27. The second-order valence-corrected chi connectivity index (χ2v) is 3.72. The van der Waals surface area contributed by atoms with Gasteiger partial charge in [-0.05, 0) is 6.07 Å². The first-order chi connectivity index (χ1) is 7.74. The normalized spacial score (nSPS) is 11.1. The van der Waals surface area contributed by atoms with Gasteiger partial charge in [-0.2, -0.15) is 4.98 Å². The molecule has 0 aliphatic rings. The third kappa shape index (κ3) is 1.30. The Bertz CT molecular complexity index is 658. The average Bonchev–Trinajstić information content (AvgIpc) is 2.83. The lowest BCUT2D eigenvalue weighted by molar-refractivity contribution is 0.394. The van der Waals surface area contributed by atoms with Crippen LogP contribution in [0.25, 0.3) is 17.2 Å². The molecule has 0 N–H and O–H groups in total. The van der Waals surface area contributed by atoms with Gasteiger partial charge < -0.3 is 4.52 Å². The molecule has 0 aliphatic heterocycles. The maximum atomic E-state index is 4.97. The number of nitrogens with zero attached hydrogens (tertiary/aromatic N) is 4. The van der Waals surface area contributed by atoms with Crippen LogP contribution < -0.4 is 5.46 Å². The summed E-state index contributed by atoms with van der Waals surface area (Å²) in [6.45, 7) is 1.77. The predicted molar refractivity (Wildman–Crippen MR) is 61.4 cm³/mol. The van der Waals surface area contributed by atoms with E-state index >= 15 is 0 Å². The highest BCUT2D eigenvalue weighted by atomic mass is 16.5. The summed E-state index contributed by atoms with van der Waals surface area (Å²) in [7, 11) is 2.03. The van der Waals surface area contributed by atoms with Crippen molar-refractivity contribution in [3.05, 3.63) is 30.4 Å². The lowest BCUT2D eigenvalue weighted by atomic mass is 9.99. The molecule has 0 aromatic carbocycles. The first-order valence-electron chi connectivity index (χ1n) is 4.98. The number of aryl methyl sites for hydroxylation is 1. The summed E-state index contributed by atoms with van der Waals surface area (Å²) in [6, 6.07) is 3.99. The van der Waals surface area contributed by atoms with Crippen molar-refractivity contribution in [1.82, 2.24) is 19.5 Å². The Kier molecular flexibility index (Phi) is 1.83. The van der Waals surface area contributed by atoms with E-state index in [4.69, 9.17) is 4.52 Å². The van der Waals surface area contributed by atoms with E-state index in [0.717, 1.165) is 16.8 Å². The summed E-state index contributed by atoms with van der Waals surface area (Å²) in [6.07, 6.45) is 3.75. The molecule has 0 saturated heterocycles. The first-order valence-corrected chi connectivity index (χ1v) is 4.98. The third-order valence-electron chi connectivity index (χ3n) is 2.41. The number of hydrogen-bond acceptors (Lipinski definition) is 4. The maximum absolute atomic E-state index is 4.97. The standard InChI is InChI=1S/C10H9BN4O/c1-6-13-10(14-16-6)8-4-12-9-3-2-7(11)5-15(8)9/h2-5H,11H2,1H3.